The zero-order valence-corrected chi connectivity index (χ0v) is 10.9. The van der Waals surface area contributed by atoms with Gasteiger partial charge < -0.3 is 19.2 Å². The Labute approximate surface area is 101 Å². The lowest BCUT2D eigenvalue weighted by Gasteiger charge is -2.27. The molecule has 0 aromatic rings. The molecule has 17 heavy (non-hydrogen) atoms. The van der Waals surface area contributed by atoms with E-state index in [-0.39, 0.29) is 6.42 Å². The molecule has 0 aliphatic rings. The van der Waals surface area contributed by atoms with Crippen molar-refractivity contribution in [2.24, 2.45) is 0 Å². The van der Waals surface area contributed by atoms with Gasteiger partial charge in [0.2, 0.25) is 0 Å². The smallest absolute Gasteiger partial charge is 0.410 e. The Hall–Kier alpha value is -1.59. The molecule has 0 saturated carbocycles. The lowest BCUT2D eigenvalue weighted by Crippen LogP contribution is -2.42. The first kappa shape index (κ1) is 15.4. The van der Waals surface area contributed by atoms with Crippen molar-refractivity contribution in [1.82, 2.24) is 4.90 Å². The first-order valence-corrected chi connectivity index (χ1v) is 5.19. The third-order valence-electron chi connectivity index (χ3n) is 1.94. The number of hydrogen-bond acceptors (Lipinski definition) is 5. The summed E-state index contributed by atoms with van der Waals surface area (Å²) in [5, 5.41) is 0. The van der Waals surface area contributed by atoms with E-state index in [4.69, 9.17) is 4.74 Å². The lowest BCUT2D eigenvalue weighted by atomic mass is 10.2. The van der Waals surface area contributed by atoms with Crippen LogP contribution in [0.3, 0.4) is 0 Å². The van der Waals surface area contributed by atoms with Crippen molar-refractivity contribution in [3.63, 3.8) is 0 Å². The SMILES string of the molecule is COC(=O)CC(C=O)N(C)C(=O)OC(C)(C)C. The predicted molar refractivity (Wildman–Crippen MR) is 60.5 cm³/mol. The Kier molecular flexibility index (Phi) is 5.64. The first-order valence-electron chi connectivity index (χ1n) is 5.19. The van der Waals surface area contributed by atoms with Crippen LogP contribution >= 0.6 is 0 Å². The van der Waals surface area contributed by atoms with Crippen LogP contribution in [-0.4, -0.2) is 49.0 Å². The first-order chi connectivity index (χ1) is 7.71. The van der Waals surface area contributed by atoms with E-state index >= 15 is 0 Å². The summed E-state index contributed by atoms with van der Waals surface area (Å²) in [4.78, 5) is 34.5. The van der Waals surface area contributed by atoms with Crippen LogP contribution in [-0.2, 0) is 19.1 Å². The summed E-state index contributed by atoms with van der Waals surface area (Å²) in [5.74, 6) is -0.558. The summed E-state index contributed by atoms with van der Waals surface area (Å²) >= 11 is 0. The number of amides is 1. The summed E-state index contributed by atoms with van der Waals surface area (Å²) < 4.78 is 9.51. The number of carbonyl (C=O) groups is 3. The number of esters is 1. The topological polar surface area (TPSA) is 72.9 Å². The maximum atomic E-state index is 11.6. The Balaban J connectivity index is 4.53. The molecule has 1 atom stereocenters. The normalized spacial score (nSPS) is 12.5. The molecule has 0 spiro atoms. The third-order valence-corrected chi connectivity index (χ3v) is 1.94. The van der Waals surface area contributed by atoms with Gasteiger partial charge in [-0.25, -0.2) is 4.79 Å². The molecule has 0 fully saturated rings. The van der Waals surface area contributed by atoms with Crippen LogP contribution in [0.4, 0.5) is 4.79 Å². The molecule has 6 heteroatoms. The lowest BCUT2D eigenvalue weighted by molar-refractivity contribution is -0.142. The van der Waals surface area contributed by atoms with Gasteiger partial charge in [-0.15, -0.1) is 0 Å². The fourth-order valence-electron chi connectivity index (χ4n) is 1.000. The van der Waals surface area contributed by atoms with E-state index in [1.165, 1.54) is 14.2 Å². The van der Waals surface area contributed by atoms with E-state index in [2.05, 4.69) is 4.74 Å². The highest BCUT2D eigenvalue weighted by molar-refractivity contribution is 5.79. The zero-order chi connectivity index (χ0) is 13.6. The van der Waals surface area contributed by atoms with Crippen molar-refractivity contribution in [2.45, 2.75) is 38.8 Å². The van der Waals surface area contributed by atoms with E-state index in [0.29, 0.717) is 6.29 Å². The highest BCUT2D eigenvalue weighted by Gasteiger charge is 2.26. The summed E-state index contributed by atoms with van der Waals surface area (Å²) in [5.41, 5.74) is -0.649. The van der Waals surface area contributed by atoms with E-state index in [0.717, 1.165) is 4.90 Å². The number of hydrogen-bond donors (Lipinski definition) is 0. The van der Waals surface area contributed by atoms with Crippen LogP contribution in [0.15, 0.2) is 0 Å². The van der Waals surface area contributed by atoms with E-state index in [1.807, 2.05) is 0 Å². The maximum absolute atomic E-state index is 11.6. The van der Waals surface area contributed by atoms with Gasteiger partial charge in [0.05, 0.1) is 13.5 Å². The van der Waals surface area contributed by atoms with Gasteiger partial charge in [0.1, 0.15) is 17.9 Å². The molecule has 0 N–H and O–H groups in total. The number of ether oxygens (including phenoxy) is 2. The highest BCUT2D eigenvalue weighted by atomic mass is 16.6. The van der Waals surface area contributed by atoms with E-state index < -0.39 is 23.7 Å². The molecule has 6 nitrogen and oxygen atoms in total. The molecular weight excluding hydrogens is 226 g/mol. The molecular formula is C11H19NO5. The summed E-state index contributed by atoms with van der Waals surface area (Å²) in [6, 6.07) is -0.878. The quantitative estimate of drug-likeness (QED) is 0.545. The molecule has 0 aliphatic carbocycles. The summed E-state index contributed by atoms with van der Waals surface area (Å²) in [7, 11) is 2.62. The van der Waals surface area contributed by atoms with Crippen LogP contribution < -0.4 is 0 Å². The Morgan fingerprint density at radius 1 is 1.35 bits per heavy atom. The molecule has 1 unspecified atom stereocenters. The second-order valence-corrected chi connectivity index (χ2v) is 4.57. The average Bonchev–Trinajstić information content (AvgIpc) is 2.22. The molecule has 0 aromatic carbocycles. The fourth-order valence-corrected chi connectivity index (χ4v) is 1.000. The number of methoxy groups -OCH3 is 1. The van der Waals surface area contributed by atoms with Gasteiger partial charge in [-0.05, 0) is 20.8 Å². The molecule has 1 amide bonds. The molecule has 0 rings (SSSR count). The van der Waals surface area contributed by atoms with Crippen LogP contribution in [0, 0.1) is 0 Å². The van der Waals surface area contributed by atoms with Crippen LogP contribution in [0.5, 0.6) is 0 Å². The second kappa shape index (κ2) is 6.22. The summed E-state index contributed by atoms with van der Waals surface area (Å²) in [6.45, 7) is 5.15. The molecule has 0 aliphatic heterocycles. The fraction of sp³-hybridized carbons (Fsp3) is 0.727. The van der Waals surface area contributed by atoms with Gasteiger partial charge in [0.25, 0.3) is 0 Å². The van der Waals surface area contributed by atoms with Crippen molar-refractivity contribution < 1.29 is 23.9 Å². The minimum absolute atomic E-state index is 0.185. The summed E-state index contributed by atoms with van der Waals surface area (Å²) in [6.07, 6.45) is -0.324. The van der Waals surface area contributed by atoms with Crippen LogP contribution in [0.25, 0.3) is 0 Å². The number of nitrogens with zero attached hydrogens (tertiary/aromatic N) is 1. The monoisotopic (exact) mass is 245 g/mol. The van der Waals surface area contributed by atoms with E-state index in [1.54, 1.807) is 20.8 Å². The molecule has 0 heterocycles. The van der Waals surface area contributed by atoms with Crippen LogP contribution in [0.1, 0.15) is 27.2 Å². The van der Waals surface area contributed by atoms with Gasteiger partial charge in [-0.1, -0.05) is 0 Å². The van der Waals surface area contributed by atoms with Gasteiger partial charge in [0, 0.05) is 7.05 Å². The number of carbonyl (C=O) groups excluding carboxylic acids is 3. The third kappa shape index (κ3) is 5.89. The largest absolute Gasteiger partial charge is 0.469 e. The van der Waals surface area contributed by atoms with Crippen molar-refractivity contribution in [2.75, 3.05) is 14.2 Å². The predicted octanol–water partition coefficient (Wildman–Crippen LogP) is 0.984. The standard InChI is InChI=1S/C11H19NO5/c1-11(2,3)17-10(15)12(4)8(7-13)6-9(14)16-5/h7-8H,6H2,1-5H3. The Morgan fingerprint density at radius 3 is 2.24 bits per heavy atom. The average molecular weight is 245 g/mol. The van der Waals surface area contributed by atoms with Gasteiger partial charge >= 0.3 is 12.1 Å². The van der Waals surface area contributed by atoms with Gasteiger partial charge in [0.15, 0.2) is 0 Å². The van der Waals surface area contributed by atoms with Crippen molar-refractivity contribution >= 4 is 18.3 Å². The maximum Gasteiger partial charge on any atom is 0.410 e. The molecule has 0 bridgehead atoms. The van der Waals surface area contributed by atoms with Gasteiger partial charge in [-0.2, -0.15) is 0 Å². The Morgan fingerprint density at radius 2 is 1.88 bits per heavy atom. The molecule has 0 saturated heterocycles. The van der Waals surface area contributed by atoms with Gasteiger partial charge in [-0.3, -0.25) is 4.79 Å². The zero-order valence-electron chi connectivity index (χ0n) is 10.9. The minimum Gasteiger partial charge on any atom is -0.469 e. The number of rotatable bonds is 4. The number of likely N-dealkylation sites (N-methyl/N-ethyl adjacent to an activating group) is 1. The number of aldehydes is 1. The van der Waals surface area contributed by atoms with Crippen LogP contribution in [0.2, 0.25) is 0 Å². The van der Waals surface area contributed by atoms with Crippen molar-refractivity contribution in [1.29, 1.82) is 0 Å². The van der Waals surface area contributed by atoms with Crippen molar-refractivity contribution in [3.8, 4) is 0 Å². The molecule has 98 valence electrons. The highest BCUT2D eigenvalue weighted by Crippen LogP contribution is 2.11. The molecule has 0 radical (unpaired) electrons. The molecule has 0 aromatic heterocycles. The Bertz CT molecular complexity index is 295. The van der Waals surface area contributed by atoms with Crippen molar-refractivity contribution in [3.05, 3.63) is 0 Å². The minimum atomic E-state index is -0.878. The van der Waals surface area contributed by atoms with E-state index in [9.17, 15) is 14.4 Å². The second-order valence-electron chi connectivity index (χ2n) is 4.57.